The van der Waals surface area contributed by atoms with Crippen molar-refractivity contribution >= 4 is 25.6 Å². The van der Waals surface area contributed by atoms with Crippen molar-refractivity contribution in [3.63, 3.8) is 0 Å². The van der Waals surface area contributed by atoms with E-state index in [1.807, 2.05) is 0 Å². The van der Waals surface area contributed by atoms with Crippen molar-refractivity contribution < 1.29 is 13.2 Å². The largest absolute Gasteiger partial charge is 0.338 e. The molecule has 1 aliphatic heterocycles. The molecule has 18 heavy (non-hydrogen) atoms. The molecule has 2 rings (SSSR count). The van der Waals surface area contributed by atoms with Crippen molar-refractivity contribution in [1.82, 2.24) is 4.90 Å². The van der Waals surface area contributed by atoms with Crippen LogP contribution < -0.4 is 0 Å². The summed E-state index contributed by atoms with van der Waals surface area (Å²) in [5.41, 5.74) is 2.69. The first-order valence-electron chi connectivity index (χ1n) is 5.62. The van der Waals surface area contributed by atoms with E-state index in [0.717, 1.165) is 11.1 Å². The van der Waals surface area contributed by atoms with Gasteiger partial charge in [-0.2, -0.15) is 0 Å². The maximum atomic E-state index is 11.4. The summed E-state index contributed by atoms with van der Waals surface area (Å²) in [5, 5.41) is 0. The van der Waals surface area contributed by atoms with Crippen LogP contribution in [-0.4, -0.2) is 25.8 Å². The molecule has 1 aromatic carbocycles. The number of amides is 1. The Morgan fingerprint density at radius 3 is 2.61 bits per heavy atom. The van der Waals surface area contributed by atoms with E-state index in [4.69, 9.17) is 10.7 Å². The van der Waals surface area contributed by atoms with Crippen LogP contribution in [0, 0.1) is 6.92 Å². The number of halogens is 1. The Morgan fingerprint density at radius 2 is 2.06 bits per heavy atom. The molecule has 0 radical (unpaired) electrons. The molecular weight excluding hydrogens is 274 g/mol. The normalized spacial score (nSPS) is 15.4. The van der Waals surface area contributed by atoms with Crippen molar-refractivity contribution in [3.8, 4) is 0 Å². The fourth-order valence-electron chi connectivity index (χ4n) is 2.35. The van der Waals surface area contributed by atoms with Crippen molar-refractivity contribution in [2.75, 3.05) is 6.54 Å². The number of carbonyl (C=O) groups is 1. The van der Waals surface area contributed by atoms with Crippen molar-refractivity contribution in [1.29, 1.82) is 0 Å². The summed E-state index contributed by atoms with van der Waals surface area (Å²) in [7, 11) is 1.69. The molecule has 0 atom stereocenters. The highest BCUT2D eigenvalue weighted by atomic mass is 35.7. The van der Waals surface area contributed by atoms with Crippen molar-refractivity contribution in [3.05, 3.63) is 28.8 Å². The van der Waals surface area contributed by atoms with E-state index >= 15 is 0 Å². The van der Waals surface area contributed by atoms with Gasteiger partial charge in [-0.25, -0.2) is 8.42 Å². The zero-order chi connectivity index (χ0) is 13.5. The van der Waals surface area contributed by atoms with Gasteiger partial charge in [-0.1, -0.05) is 6.07 Å². The van der Waals surface area contributed by atoms with Crippen LogP contribution in [0.4, 0.5) is 0 Å². The van der Waals surface area contributed by atoms with Crippen LogP contribution in [0.3, 0.4) is 0 Å². The smallest absolute Gasteiger partial charge is 0.261 e. The first kappa shape index (κ1) is 13.4. The van der Waals surface area contributed by atoms with Gasteiger partial charge in [0, 0.05) is 30.7 Å². The van der Waals surface area contributed by atoms with E-state index in [-0.39, 0.29) is 10.8 Å². The van der Waals surface area contributed by atoms with Crippen LogP contribution in [0.15, 0.2) is 17.0 Å². The topological polar surface area (TPSA) is 54.5 Å². The summed E-state index contributed by atoms with van der Waals surface area (Å²) in [5.74, 6) is 0.0346. The molecule has 0 spiro atoms. The minimum absolute atomic E-state index is 0.0346. The third-order valence-corrected chi connectivity index (χ3v) is 4.81. The molecule has 1 heterocycles. The highest BCUT2D eigenvalue weighted by Gasteiger charge is 2.23. The standard InChI is InChI=1S/C12H14ClNO3S/c1-8-11-5-6-14(9(2)15)7-10(11)3-4-12(8)18(13,16)17/h3-4H,5-7H2,1-2H3. The summed E-state index contributed by atoms with van der Waals surface area (Å²) in [6, 6.07) is 3.26. The number of fused-ring (bicyclic) bond motifs is 1. The van der Waals surface area contributed by atoms with Gasteiger partial charge in [0.2, 0.25) is 5.91 Å². The van der Waals surface area contributed by atoms with Gasteiger partial charge in [0.15, 0.2) is 0 Å². The first-order chi connectivity index (χ1) is 8.30. The lowest BCUT2D eigenvalue weighted by molar-refractivity contribution is -0.129. The minimum atomic E-state index is -3.71. The van der Waals surface area contributed by atoms with Crippen LogP contribution in [-0.2, 0) is 26.8 Å². The molecule has 0 aliphatic carbocycles. The number of nitrogens with zero attached hydrogens (tertiary/aromatic N) is 1. The Kier molecular flexibility index (Phi) is 3.38. The first-order valence-corrected chi connectivity index (χ1v) is 7.93. The quantitative estimate of drug-likeness (QED) is 0.741. The minimum Gasteiger partial charge on any atom is -0.338 e. The van der Waals surface area contributed by atoms with Crippen LogP contribution in [0.5, 0.6) is 0 Å². The summed E-state index contributed by atoms with van der Waals surface area (Å²) < 4.78 is 22.8. The third kappa shape index (κ3) is 2.37. The van der Waals surface area contributed by atoms with Gasteiger partial charge in [0.1, 0.15) is 0 Å². The average molecular weight is 288 g/mol. The van der Waals surface area contributed by atoms with Crippen LogP contribution in [0.25, 0.3) is 0 Å². The van der Waals surface area contributed by atoms with E-state index in [0.29, 0.717) is 25.1 Å². The van der Waals surface area contributed by atoms with Crippen molar-refractivity contribution in [2.45, 2.75) is 31.7 Å². The SMILES string of the molecule is CC(=O)N1CCc2c(ccc(S(=O)(=O)Cl)c2C)C1. The molecule has 0 bridgehead atoms. The van der Waals surface area contributed by atoms with E-state index in [1.165, 1.54) is 13.0 Å². The fourth-order valence-corrected chi connectivity index (χ4v) is 3.57. The molecule has 0 unspecified atom stereocenters. The second kappa shape index (κ2) is 4.55. The van der Waals surface area contributed by atoms with Gasteiger partial charge < -0.3 is 4.90 Å². The number of hydrogen-bond acceptors (Lipinski definition) is 3. The Balaban J connectivity index is 2.47. The predicted molar refractivity (Wildman–Crippen MR) is 69.0 cm³/mol. The molecule has 6 heteroatoms. The Morgan fingerprint density at radius 1 is 1.39 bits per heavy atom. The highest BCUT2D eigenvalue weighted by molar-refractivity contribution is 8.13. The molecule has 1 amide bonds. The molecular formula is C12H14ClNO3S. The third-order valence-electron chi connectivity index (χ3n) is 3.35. The zero-order valence-corrected chi connectivity index (χ0v) is 11.8. The van der Waals surface area contributed by atoms with Crippen LogP contribution >= 0.6 is 10.7 Å². The number of rotatable bonds is 1. The van der Waals surface area contributed by atoms with Gasteiger partial charge >= 0.3 is 0 Å². The predicted octanol–water partition coefficient (Wildman–Crippen LogP) is 1.83. The molecule has 4 nitrogen and oxygen atoms in total. The molecule has 0 N–H and O–H groups in total. The molecule has 98 valence electrons. The maximum absolute atomic E-state index is 11.4. The van der Waals surface area contributed by atoms with Gasteiger partial charge in [0.25, 0.3) is 9.05 Å². The second-order valence-corrected chi connectivity index (χ2v) is 6.99. The molecule has 1 aliphatic rings. The van der Waals surface area contributed by atoms with Crippen LogP contribution in [0.1, 0.15) is 23.6 Å². The van der Waals surface area contributed by atoms with Crippen molar-refractivity contribution in [2.24, 2.45) is 0 Å². The summed E-state index contributed by atoms with van der Waals surface area (Å²) >= 11 is 0. The molecule has 0 fully saturated rings. The summed E-state index contributed by atoms with van der Waals surface area (Å²) in [4.78, 5) is 13.2. The van der Waals surface area contributed by atoms with Gasteiger partial charge in [-0.05, 0) is 36.1 Å². The van der Waals surface area contributed by atoms with E-state index in [2.05, 4.69) is 0 Å². The molecule has 0 aromatic heterocycles. The highest BCUT2D eigenvalue weighted by Crippen LogP contribution is 2.29. The monoisotopic (exact) mass is 287 g/mol. The second-order valence-electron chi connectivity index (χ2n) is 4.45. The van der Waals surface area contributed by atoms with E-state index in [1.54, 1.807) is 17.9 Å². The number of carbonyl (C=O) groups excluding carboxylic acids is 1. The Hall–Kier alpha value is -1.07. The lowest BCUT2D eigenvalue weighted by Gasteiger charge is -2.29. The Labute approximate surface area is 111 Å². The number of benzene rings is 1. The fraction of sp³-hybridized carbons (Fsp3) is 0.417. The number of hydrogen-bond donors (Lipinski definition) is 0. The maximum Gasteiger partial charge on any atom is 0.261 e. The average Bonchev–Trinajstić information content (AvgIpc) is 2.27. The van der Waals surface area contributed by atoms with E-state index < -0.39 is 9.05 Å². The molecule has 1 aromatic rings. The van der Waals surface area contributed by atoms with Gasteiger partial charge in [-0.3, -0.25) is 4.79 Å². The van der Waals surface area contributed by atoms with E-state index in [9.17, 15) is 13.2 Å². The van der Waals surface area contributed by atoms with Crippen LogP contribution in [0.2, 0.25) is 0 Å². The lowest BCUT2D eigenvalue weighted by Crippen LogP contribution is -2.34. The zero-order valence-electron chi connectivity index (χ0n) is 10.2. The van der Waals surface area contributed by atoms with Gasteiger partial charge in [0.05, 0.1) is 4.90 Å². The van der Waals surface area contributed by atoms with Gasteiger partial charge in [-0.15, -0.1) is 0 Å². The summed E-state index contributed by atoms with van der Waals surface area (Å²) in [6.07, 6.45) is 0.668. The molecule has 0 saturated carbocycles. The molecule has 0 saturated heterocycles. The summed E-state index contributed by atoms with van der Waals surface area (Å²) in [6.45, 7) is 4.45. The lowest BCUT2D eigenvalue weighted by atomic mass is 9.95. The Bertz CT molecular complexity index is 610.